The number of hydrogen-bond donors (Lipinski definition) is 0. The summed E-state index contributed by atoms with van der Waals surface area (Å²) in [5.74, 6) is 0.554. The molecule has 7 heteroatoms. The van der Waals surface area contributed by atoms with Crippen LogP contribution >= 0.6 is 15.9 Å². The Bertz CT molecular complexity index is 786. The number of likely N-dealkylation sites (tertiary alicyclic amines) is 1. The maximum Gasteiger partial charge on any atom is 0.246 e. The molecule has 2 aromatic heterocycles. The molecule has 0 spiro atoms. The van der Waals surface area contributed by atoms with Crippen molar-refractivity contribution in [3.05, 3.63) is 29.3 Å². The van der Waals surface area contributed by atoms with E-state index in [0.717, 1.165) is 40.7 Å². The van der Waals surface area contributed by atoms with Gasteiger partial charge in [0.15, 0.2) is 5.65 Å². The van der Waals surface area contributed by atoms with Crippen molar-refractivity contribution in [2.24, 2.45) is 5.92 Å². The minimum atomic E-state index is 0.0125. The average Bonchev–Trinajstić information content (AvgIpc) is 3.19. The number of hydrogen-bond acceptors (Lipinski definition) is 4. The van der Waals surface area contributed by atoms with Crippen LogP contribution < -0.4 is 0 Å². The average molecular weight is 362 g/mol. The highest BCUT2D eigenvalue weighted by Crippen LogP contribution is 2.45. The molecule has 1 amide bonds. The summed E-state index contributed by atoms with van der Waals surface area (Å²) in [5.41, 5.74) is 1.74. The van der Waals surface area contributed by atoms with Gasteiger partial charge in [-0.3, -0.25) is 4.79 Å². The standard InChI is InChI=1S/C15H16BrN5O/c1-3-12(22)20-6-9-4-10(20)11(5-9)21-15-13(14(16)19-21)8(2)17-7-18-15/h3,7,9-11H,1,4-6H2,2H3/t9-,10+,11-/m1/s1. The molecule has 3 atom stereocenters. The molecular formula is C15H16BrN5O. The van der Waals surface area contributed by atoms with Gasteiger partial charge in [-0.15, -0.1) is 0 Å². The van der Waals surface area contributed by atoms with Gasteiger partial charge in [0.2, 0.25) is 5.91 Å². The normalized spacial score (nSPS) is 26.8. The molecule has 0 N–H and O–H groups in total. The van der Waals surface area contributed by atoms with E-state index in [2.05, 4.69) is 37.6 Å². The van der Waals surface area contributed by atoms with Crippen molar-refractivity contribution in [1.82, 2.24) is 24.6 Å². The number of aromatic nitrogens is 4. The molecule has 4 rings (SSSR count). The van der Waals surface area contributed by atoms with Gasteiger partial charge in [0.25, 0.3) is 0 Å². The van der Waals surface area contributed by atoms with Gasteiger partial charge in [0, 0.05) is 6.54 Å². The molecule has 2 aromatic rings. The van der Waals surface area contributed by atoms with Crippen molar-refractivity contribution in [3.8, 4) is 0 Å². The number of piperidine rings is 1. The smallest absolute Gasteiger partial charge is 0.246 e. The summed E-state index contributed by atoms with van der Waals surface area (Å²) < 4.78 is 2.74. The van der Waals surface area contributed by atoms with Gasteiger partial charge in [-0.25, -0.2) is 14.6 Å². The topological polar surface area (TPSA) is 63.9 Å². The van der Waals surface area contributed by atoms with Gasteiger partial charge in [-0.2, -0.15) is 5.10 Å². The van der Waals surface area contributed by atoms with E-state index in [1.54, 1.807) is 6.33 Å². The van der Waals surface area contributed by atoms with Crippen LogP contribution in [0, 0.1) is 12.8 Å². The lowest BCUT2D eigenvalue weighted by Gasteiger charge is -2.32. The fourth-order valence-electron chi connectivity index (χ4n) is 3.92. The molecule has 22 heavy (non-hydrogen) atoms. The van der Waals surface area contributed by atoms with Crippen molar-refractivity contribution in [2.75, 3.05) is 6.54 Å². The van der Waals surface area contributed by atoms with E-state index in [1.807, 2.05) is 16.5 Å². The van der Waals surface area contributed by atoms with Crippen LogP contribution in [0.15, 0.2) is 23.6 Å². The summed E-state index contributed by atoms with van der Waals surface area (Å²) >= 11 is 3.52. The predicted octanol–water partition coefficient (Wildman–Crippen LogP) is 2.25. The second kappa shape index (κ2) is 4.87. The summed E-state index contributed by atoms with van der Waals surface area (Å²) in [4.78, 5) is 22.6. The van der Waals surface area contributed by atoms with Crippen LogP contribution in [0.4, 0.5) is 0 Å². The Balaban J connectivity index is 1.79. The van der Waals surface area contributed by atoms with Crippen molar-refractivity contribution in [3.63, 3.8) is 0 Å². The summed E-state index contributed by atoms with van der Waals surface area (Å²) in [6, 6.07) is 0.353. The number of rotatable bonds is 2. The summed E-state index contributed by atoms with van der Waals surface area (Å²) in [6.45, 7) is 6.40. The van der Waals surface area contributed by atoms with E-state index in [9.17, 15) is 4.79 Å². The van der Waals surface area contributed by atoms with Crippen molar-refractivity contribution < 1.29 is 4.79 Å². The minimum Gasteiger partial charge on any atom is -0.334 e. The van der Waals surface area contributed by atoms with Crippen molar-refractivity contribution in [2.45, 2.75) is 31.8 Å². The molecule has 0 unspecified atom stereocenters. The molecule has 0 radical (unpaired) electrons. The number of carbonyl (C=O) groups is 1. The zero-order valence-electron chi connectivity index (χ0n) is 12.2. The van der Waals surface area contributed by atoms with Crippen LogP contribution in [0.3, 0.4) is 0 Å². The Kier molecular flexibility index (Phi) is 3.07. The Morgan fingerprint density at radius 2 is 2.18 bits per heavy atom. The zero-order valence-corrected chi connectivity index (χ0v) is 13.8. The molecule has 2 aliphatic rings. The number of aryl methyl sites for hydroxylation is 1. The first-order chi connectivity index (χ1) is 10.6. The molecule has 1 saturated carbocycles. The molecule has 3 heterocycles. The number of amides is 1. The van der Waals surface area contributed by atoms with Gasteiger partial charge in [-0.05, 0) is 47.7 Å². The fraction of sp³-hybridized carbons (Fsp3) is 0.467. The number of halogens is 1. The van der Waals surface area contributed by atoms with E-state index in [-0.39, 0.29) is 18.0 Å². The van der Waals surface area contributed by atoms with Gasteiger partial charge >= 0.3 is 0 Å². The van der Waals surface area contributed by atoms with E-state index < -0.39 is 0 Å². The molecule has 1 aliphatic carbocycles. The van der Waals surface area contributed by atoms with Crippen LogP contribution in [-0.4, -0.2) is 43.1 Å². The Morgan fingerprint density at radius 1 is 1.41 bits per heavy atom. The van der Waals surface area contributed by atoms with Crippen LogP contribution in [0.25, 0.3) is 11.0 Å². The van der Waals surface area contributed by atoms with Crippen molar-refractivity contribution in [1.29, 1.82) is 0 Å². The van der Waals surface area contributed by atoms with Crippen LogP contribution in [0.1, 0.15) is 24.6 Å². The van der Waals surface area contributed by atoms with E-state index in [4.69, 9.17) is 0 Å². The minimum absolute atomic E-state index is 0.0125. The number of nitrogens with zero attached hydrogens (tertiary/aromatic N) is 5. The molecular weight excluding hydrogens is 346 g/mol. The Labute approximate surface area is 136 Å². The Morgan fingerprint density at radius 3 is 2.91 bits per heavy atom. The van der Waals surface area contributed by atoms with Gasteiger partial charge in [0.05, 0.1) is 23.2 Å². The third kappa shape index (κ3) is 1.84. The predicted molar refractivity (Wildman–Crippen MR) is 85.2 cm³/mol. The van der Waals surface area contributed by atoms with Crippen LogP contribution in [-0.2, 0) is 4.79 Å². The Hall–Kier alpha value is -1.76. The molecule has 114 valence electrons. The largest absolute Gasteiger partial charge is 0.334 e. The summed E-state index contributed by atoms with van der Waals surface area (Å²) in [7, 11) is 0. The second-order valence-corrected chi connectivity index (χ2v) is 6.81. The first-order valence-electron chi connectivity index (χ1n) is 7.38. The molecule has 1 saturated heterocycles. The third-order valence-corrected chi connectivity index (χ3v) is 5.41. The SMILES string of the molecule is C=CC(=O)N1C[C@H]2C[C@@H](n3nc(Br)c4c(C)ncnc43)[C@@H]1C2. The molecule has 1 aliphatic heterocycles. The third-order valence-electron chi connectivity index (χ3n) is 4.86. The first-order valence-corrected chi connectivity index (χ1v) is 8.17. The number of carbonyl (C=O) groups excluding carboxylic acids is 1. The summed E-state index contributed by atoms with van der Waals surface area (Å²) in [5, 5.41) is 5.59. The van der Waals surface area contributed by atoms with E-state index >= 15 is 0 Å². The monoisotopic (exact) mass is 361 g/mol. The van der Waals surface area contributed by atoms with Crippen LogP contribution in [0.5, 0.6) is 0 Å². The van der Waals surface area contributed by atoms with E-state index in [1.165, 1.54) is 6.08 Å². The van der Waals surface area contributed by atoms with Gasteiger partial charge in [0.1, 0.15) is 10.9 Å². The van der Waals surface area contributed by atoms with E-state index in [0.29, 0.717) is 5.92 Å². The maximum atomic E-state index is 12.0. The summed E-state index contributed by atoms with van der Waals surface area (Å²) in [6.07, 6.45) is 5.05. The highest BCUT2D eigenvalue weighted by molar-refractivity contribution is 9.10. The van der Waals surface area contributed by atoms with Gasteiger partial charge < -0.3 is 4.90 Å². The highest BCUT2D eigenvalue weighted by Gasteiger charge is 2.48. The molecule has 6 nitrogen and oxygen atoms in total. The lowest BCUT2D eigenvalue weighted by atomic mass is 10.1. The zero-order chi connectivity index (χ0) is 15.4. The second-order valence-electron chi connectivity index (χ2n) is 6.06. The maximum absolute atomic E-state index is 12.0. The number of fused-ring (bicyclic) bond motifs is 3. The van der Waals surface area contributed by atoms with Crippen molar-refractivity contribution >= 4 is 32.9 Å². The lowest BCUT2D eigenvalue weighted by Crippen LogP contribution is -2.42. The quantitative estimate of drug-likeness (QED) is 0.769. The molecule has 2 bridgehead atoms. The highest BCUT2D eigenvalue weighted by atomic mass is 79.9. The van der Waals surface area contributed by atoms with Crippen LogP contribution in [0.2, 0.25) is 0 Å². The fourth-order valence-corrected chi connectivity index (χ4v) is 4.56. The lowest BCUT2D eigenvalue weighted by molar-refractivity contribution is -0.128. The first kappa shape index (κ1) is 13.9. The molecule has 2 fully saturated rings. The van der Waals surface area contributed by atoms with Gasteiger partial charge in [-0.1, -0.05) is 6.58 Å². The molecule has 0 aromatic carbocycles.